The van der Waals surface area contributed by atoms with E-state index in [1.165, 1.54) is 24.3 Å². The molecule has 0 aliphatic heterocycles. The molecule has 0 bridgehead atoms. The van der Waals surface area contributed by atoms with E-state index in [1.807, 2.05) is 0 Å². The number of aromatic nitrogens is 2. The van der Waals surface area contributed by atoms with Gasteiger partial charge >= 0.3 is 121 Å². The van der Waals surface area contributed by atoms with Crippen molar-refractivity contribution >= 4 is 47.5 Å². The van der Waals surface area contributed by atoms with E-state index in [9.17, 15) is 3.74 Å². The molecule has 11 heteroatoms. The first-order valence-corrected chi connectivity index (χ1v) is 8.92. The predicted octanol–water partition coefficient (Wildman–Crippen LogP) is -0.800. The van der Waals surface area contributed by atoms with Gasteiger partial charge in [0.15, 0.2) is 0 Å². The Morgan fingerprint density at radius 2 is 1.48 bits per heavy atom. The average Bonchev–Trinajstić information content (AvgIpc) is 2.37. The molecule has 0 unspecified atom stereocenters. The summed E-state index contributed by atoms with van der Waals surface area (Å²) in [5.41, 5.74) is 17.0. The summed E-state index contributed by atoms with van der Waals surface area (Å²) in [5.74, 6) is -0.102. The van der Waals surface area contributed by atoms with Gasteiger partial charge in [-0.25, -0.2) is 0 Å². The van der Waals surface area contributed by atoms with Crippen molar-refractivity contribution in [3.8, 4) is 0 Å². The Balaban J connectivity index is 2.28. The Morgan fingerprint density at radius 1 is 0.952 bits per heavy atom. The normalized spacial score (nSPS) is 11.9. The number of anilines is 3. The van der Waals surface area contributed by atoms with Gasteiger partial charge in [-0.1, -0.05) is 0 Å². The van der Waals surface area contributed by atoms with Crippen LogP contribution in [0.4, 0.5) is 29.0 Å². The Morgan fingerprint density at radius 3 is 1.95 bits per heavy atom. The summed E-state index contributed by atoms with van der Waals surface area (Å²) in [5, 5.41) is 7.66. The van der Waals surface area contributed by atoms with Crippen molar-refractivity contribution in [2.24, 2.45) is 10.2 Å². The molecule has 0 atom stereocenters. The molecule has 8 N–H and O–H groups in total. The molecule has 1 heterocycles. The number of azo groups is 1. The van der Waals surface area contributed by atoms with E-state index >= 15 is 0 Å². The van der Waals surface area contributed by atoms with Crippen LogP contribution in [0.5, 0.6) is 0 Å². The first-order chi connectivity index (χ1) is 9.77. The summed E-state index contributed by atoms with van der Waals surface area (Å²) >= 11 is -4.90. The molecule has 2 aromatic rings. The molecule has 1 aromatic carbocycles. The zero-order valence-corrected chi connectivity index (χ0v) is 12.5. The number of benzene rings is 1. The fourth-order valence-corrected chi connectivity index (χ4v) is 2.56. The molecule has 1 aromatic heterocycles. The zero-order valence-electron chi connectivity index (χ0n) is 10.6. The fraction of sp³-hybridized carbons (Fsp3) is 0. The minimum absolute atomic E-state index is 0.0150. The van der Waals surface area contributed by atoms with Crippen LogP contribution in [0.15, 0.2) is 34.5 Å². The van der Waals surface area contributed by atoms with Crippen molar-refractivity contribution in [1.29, 1.82) is 0 Å². The van der Waals surface area contributed by atoms with Gasteiger partial charge in [0.05, 0.1) is 0 Å². The van der Waals surface area contributed by atoms with Crippen molar-refractivity contribution < 1.29 is 11.9 Å². The molecule has 21 heavy (non-hydrogen) atoms. The van der Waals surface area contributed by atoms with Crippen LogP contribution >= 0.6 is 0 Å². The molecule has 0 aliphatic carbocycles. The number of nitrogen functional groups attached to an aromatic ring is 3. The summed E-state index contributed by atoms with van der Waals surface area (Å²) in [6.45, 7) is 0. The Bertz CT molecular complexity index is 718. The second-order valence-electron chi connectivity index (χ2n) is 3.96. The molecule has 10 nitrogen and oxygen atoms in total. The van der Waals surface area contributed by atoms with Crippen molar-refractivity contribution in [3.05, 3.63) is 24.3 Å². The summed E-state index contributed by atoms with van der Waals surface area (Å²) < 4.78 is 29.1. The van der Waals surface area contributed by atoms with Gasteiger partial charge in [-0.15, -0.1) is 0 Å². The fourth-order valence-electron chi connectivity index (χ4n) is 1.43. The quantitative estimate of drug-likeness (QED) is 0.350. The monoisotopic (exact) mass is 353 g/mol. The van der Waals surface area contributed by atoms with Crippen LogP contribution in [-0.2, 0) is 3.74 Å². The van der Waals surface area contributed by atoms with Gasteiger partial charge in [0.2, 0.25) is 0 Å². The summed E-state index contributed by atoms with van der Waals surface area (Å²) in [4.78, 5) is 7.41. The van der Waals surface area contributed by atoms with Gasteiger partial charge in [-0.2, -0.15) is 0 Å². The molecule has 0 amide bonds. The molecule has 110 valence electrons. The molecule has 0 fully saturated rings. The molecule has 0 spiro atoms. The third-order valence-corrected chi connectivity index (χ3v) is 4.44. The number of hydrogen-bond donors (Lipinski definition) is 5. The van der Waals surface area contributed by atoms with Gasteiger partial charge in [0.25, 0.3) is 0 Å². The SMILES string of the molecule is Nc1nc(N)c(N=Nc2ccc([As](=O)(O)O)cc2)c(N)n1. The number of nitrogens with two attached hydrogens (primary N) is 3. The van der Waals surface area contributed by atoms with Gasteiger partial charge in [0.1, 0.15) is 0 Å². The Kier molecular flexibility index (Phi) is 3.94. The van der Waals surface area contributed by atoms with Crippen LogP contribution in [0, 0.1) is 0 Å². The van der Waals surface area contributed by atoms with Gasteiger partial charge < -0.3 is 0 Å². The maximum atomic E-state index is 11.1. The van der Waals surface area contributed by atoms with Crippen molar-refractivity contribution in [2.75, 3.05) is 17.2 Å². The van der Waals surface area contributed by atoms with Crippen LogP contribution in [0.3, 0.4) is 0 Å². The standard InChI is InChI=1S/C10H12AsN7O3/c12-8-7(9(13)16-10(14)15-8)18-17-6-3-1-5(2-4-6)11(19,20)21/h1-4H,(H2,19,20,21)(H6,12,13,14,15,16). The molecular weight excluding hydrogens is 341 g/mol. The first-order valence-electron chi connectivity index (χ1n) is 5.54. The Labute approximate surface area is 121 Å². The van der Waals surface area contributed by atoms with Crippen LogP contribution < -0.4 is 21.6 Å². The third kappa shape index (κ3) is 3.57. The van der Waals surface area contributed by atoms with Crippen LogP contribution in [0.2, 0.25) is 0 Å². The minimum atomic E-state index is -4.90. The van der Waals surface area contributed by atoms with Gasteiger partial charge in [-0.05, 0) is 0 Å². The van der Waals surface area contributed by atoms with Crippen molar-refractivity contribution in [2.45, 2.75) is 0 Å². The second kappa shape index (κ2) is 5.52. The molecule has 0 saturated carbocycles. The predicted molar refractivity (Wildman–Crippen MR) is 76.4 cm³/mol. The molecule has 0 aliphatic rings. The topological polar surface area (TPSA) is 186 Å². The first kappa shape index (κ1) is 15.0. The second-order valence-corrected chi connectivity index (χ2v) is 7.33. The van der Waals surface area contributed by atoms with E-state index in [0.29, 0.717) is 5.69 Å². The van der Waals surface area contributed by atoms with E-state index in [1.54, 1.807) is 0 Å². The van der Waals surface area contributed by atoms with Gasteiger partial charge in [0, 0.05) is 0 Å². The zero-order chi connectivity index (χ0) is 15.6. The van der Waals surface area contributed by atoms with Crippen LogP contribution in [0.1, 0.15) is 0 Å². The Hall–Kier alpha value is -2.42. The average molecular weight is 353 g/mol. The molecule has 2 rings (SSSR count). The number of hydrogen-bond acceptors (Lipinski definition) is 8. The molecule has 0 radical (unpaired) electrons. The van der Waals surface area contributed by atoms with Crippen molar-refractivity contribution in [1.82, 2.24) is 9.97 Å². The summed E-state index contributed by atoms with van der Waals surface area (Å²) in [7, 11) is 0. The number of nitrogens with zero attached hydrogens (tertiary/aromatic N) is 4. The van der Waals surface area contributed by atoms with E-state index in [2.05, 4.69) is 20.2 Å². The van der Waals surface area contributed by atoms with Crippen molar-refractivity contribution in [3.63, 3.8) is 0 Å². The van der Waals surface area contributed by atoms with Crippen LogP contribution in [-0.4, -0.2) is 32.3 Å². The van der Waals surface area contributed by atoms with Crippen LogP contribution in [0.25, 0.3) is 0 Å². The summed E-state index contributed by atoms with van der Waals surface area (Å²) in [6.07, 6.45) is 0. The van der Waals surface area contributed by atoms with Gasteiger partial charge in [-0.3, -0.25) is 0 Å². The molecule has 0 saturated heterocycles. The molecular formula is C10H12AsN7O3. The summed E-state index contributed by atoms with van der Waals surface area (Å²) in [6, 6.07) is 5.37. The van der Waals surface area contributed by atoms with E-state index in [0.717, 1.165) is 0 Å². The third-order valence-electron chi connectivity index (χ3n) is 2.41. The van der Waals surface area contributed by atoms with E-state index < -0.39 is 14.2 Å². The van der Waals surface area contributed by atoms with E-state index in [-0.39, 0.29) is 27.6 Å². The maximum absolute atomic E-state index is 11.1. The van der Waals surface area contributed by atoms with E-state index in [4.69, 9.17) is 25.4 Å². The number of rotatable bonds is 3.